The van der Waals surface area contributed by atoms with Crippen LogP contribution in [-0.2, 0) is 6.54 Å². The number of carbonyl (C=O) groups excluding carboxylic acids is 1. The second-order valence-corrected chi connectivity index (χ2v) is 6.20. The zero-order valence-corrected chi connectivity index (χ0v) is 12.5. The first-order valence-corrected chi connectivity index (χ1v) is 8.09. The molecule has 0 spiro atoms. The third-order valence-electron chi connectivity index (χ3n) is 4.95. The summed E-state index contributed by atoms with van der Waals surface area (Å²) in [4.78, 5) is 15.7. The molecule has 1 saturated heterocycles. The van der Waals surface area contributed by atoms with Gasteiger partial charge in [0.15, 0.2) is 0 Å². The normalized spacial score (nSPS) is 22.4. The average molecular weight is 275 g/mol. The molecule has 0 radical (unpaired) electrons. The number of carbonyl (C=O) groups is 1. The van der Waals surface area contributed by atoms with E-state index in [1.807, 2.05) is 10.7 Å². The van der Waals surface area contributed by atoms with Crippen LogP contribution >= 0.6 is 0 Å². The van der Waals surface area contributed by atoms with Crippen molar-refractivity contribution in [2.75, 3.05) is 13.1 Å². The molecule has 1 saturated carbocycles. The number of hydrogen-bond acceptors (Lipinski definition) is 3. The predicted molar refractivity (Wildman–Crippen MR) is 78.9 cm³/mol. The fourth-order valence-electron chi connectivity index (χ4n) is 3.95. The number of rotatable bonds is 5. The molecule has 4 heteroatoms. The second-order valence-electron chi connectivity index (χ2n) is 6.20. The smallest absolute Gasteiger partial charge is 0.201 e. The van der Waals surface area contributed by atoms with Crippen LogP contribution in [0.2, 0.25) is 0 Å². The lowest BCUT2D eigenvalue weighted by Crippen LogP contribution is -2.52. The van der Waals surface area contributed by atoms with Crippen molar-refractivity contribution < 1.29 is 4.79 Å². The molecule has 1 aromatic heterocycles. The number of aromatic nitrogens is 2. The van der Waals surface area contributed by atoms with Crippen LogP contribution < -0.4 is 0 Å². The number of Topliss-reactive ketones (excluding diaryl/α,β-unsaturated/α-hetero) is 1. The Morgan fingerprint density at radius 2 is 1.95 bits per heavy atom. The molecule has 1 aliphatic heterocycles. The van der Waals surface area contributed by atoms with Crippen LogP contribution in [0.25, 0.3) is 0 Å². The maximum Gasteiger partial charge on any atom is 0.201 e. The Labute approximate surface area is 121 Å². The van der Waals surface area contributed by atoms with Gasteiger partial charge in [-0.2, -0.15) is 5.10 Å². The molecule has 20 heavy (non-hydrogen) atoms. The van der Waals surface area contributed by atoms with Crippen LogP contribution in [0, 0.1) is 0 Å². The highest BCUT2D eigenvalue weighted by Gasteiger charge is 2.47. The van der Waals surface area contributed by atoms with Gasteiger partial charge >= 0.3 is 0 Å². The Bertz CT molecular complexity index is 468. The van der Waals surface area contributed by atoms with E-state index in [2.05, 4.69) is 16.9 Å². The highest BCUT2D eigenvalue weighted by molar-refractivity contribution is 6.02. The topological polar surface area (TPSA) is 38.1 Å². The SMILES string of the molecule is CCCn1nccc1C(=O)C1(N2CCCC2)CCCC1. The van der Waals surface area contributed by atoms with Gasteiger partial charge in [-0.3, -0.25) is 14.4 Å². The molecule has 0 amide bonds. The third-order valence-corrected chi connectivity index (χ3v) is 4.95. The van der Waals surface area contributed by atoms with Gasteiger partial charge in [-0.05, 0) is 51.3 Å². The molecule has 2 aliphatic rings. The van der Waals surface area contributed by atoms with E-state index in [0.717, 1.165) is 44.6 Å². The highest BCUT2D eigenvalue weighted by atomic mass is 16.1. The molecule has 1 aliphatic carbocycles. The van der Waals surface area contributed by atoms with Gasteiger partial charge in [0.2, 0.25) is 5.78 Å². The molecule has 0 aromatic carbocycles. The second kappa shape index (κ2) is 5.68. The fourth-order valence-corrected chi connectivity index (χ4v) is 3.95. The molecule has 1 aromatic rings. The van der Waals surface area contributed by atoms with Crippen molar-refractivity contribution in [2.24, 2.45) is 0 Å². The molecule has 3 rings (SSSR count). The summed E-state index contributed by atoms with van der Waals surface area (Å²) in [5.74, 6) is 0.322. The Morgan fingerprint density at radius 1 is 1.25 bits per heavy atom. The van der Waals surface area contributed by atoms with Crippen LogP contribution in [-0.4, -0.2) is 39.1 Å². The third kappa shape index (κ3) is 2.20. The minimum Gasteiger partial charge on any atom is -0.291 e. The summed E-state index contributed by atoms with van der Waals surface area (Å²) >= 11 is 0. The van der Waals surface area contributed by atoms with Gasteiger partial charge in [-0.1, -0.05) is 19.8 Å². The van der Waals surface area contributed by atoms with Crippen LogP contribution in [0.5, 0.6) is 0 Å². The maximum atomic E-state index is 13.2. The van der Waals surface area contributed by atoms with E-state index in [9.17, 15) is 4.79 Å². The lowest BCUT2D eigenvalue weighted by Gasteiger charge is -2.37. The van der Waals surface area contributed by atoms with Gasteiger partial charge in [0.25, 0.3) is 0 Å². The van der Waals surface area contributed by atoms with Crippen LogP contribution in [0.4, 0.5) is 0 Å². The zero-order valence-electron chi connectivity index (χ0n) is 12.5. The van der Waals surface area contributed by atoms with E-state index >= 15 is 0 Å². The van der Waals surface area contributed by atoms with Gasteiger partial charge < -0.3 is 0 Å². The van der Waals surface area contributed by atoms with E-state index in [0.29, 0.717) is 5.78 Å². The molecule has 0 bridgehead atoms. The van der Waals surface area contributed by atoms with Crippen LogP contribution in [0.1, 0.15) is 62.4 Å². The molecule has 4 nitrogen and oxygen atoms in total. The van der Waals surface area contributed by atoms with Gasteiger partial charge in [-0.15, -0.1) is 0 Å². The molecule has 110 valence electrons. The first kappa shape index (κ1) is 13.8. The molecule has 0 N–H and O–H groups in total. The van der Waals surface area contributed by atoms with Gasteiger partial charge in [0, 0.05) is 12.7 Å². The average Bonchev–Trinajstić information content (AvgIpc) is 3.20. The summed E-state index contributed by atoms with van der Waals surface area (Å²) in [7, 11) is 0. The van der Waals surface area contributed by atoms with E-state index in [1.54, 1.807) is 6.20 Å². The Hall–Kier alpha value is -1.16. The standard InChI is InChI=1S/C16H25N3O/c1-2-11-19-14(7-10-17-19)15(20)16(8-3-4-9-16)18-12-5-6-13-18/h7,10H,2-6,8-9,11-13H2,1H3. The number of nitrogens with zero attached hydrogens (tertiary/aromatic N) is 3. The lowest BCUT2D eigenvalue weighted by atomic mass is 9.88. The minimum atomic E-state index is -0.220. The van der Waals surface area contributed by atoms with Crippen molar-refractivity contribution in [3.63, 3.8) is 0 Å². The van der Waals surface area contributed by atoms with Crippen molar-refractivity contribution in [1.29, 1.82) is 0 Å². The number of likely N-dealkylation sites (tertiary alicyclic amines) is 1. The fraction of sp³-hybridized carbons (Fsp3) is 0.750. The van der Waals surface area contributed by atoms with E-state index in [4.69, 9.17) is 0 Å². The lowest BCUT2D eigenvalue weighted by molar-refractivity contribution is 0.0614. The first-order valence-electron chi connectivity index (χ1n) is 8.09. The van der Waals surface area contributed by atoms with E-state index in [-0.39, 0.29) is 5.54 Å². The summed E-state index contributed by atoms with van der Waals surface area (Å²) in [5, 5.41) is 4.33. The zero-order chi connectivity index (χ0) is 14.0. The monoisotopic (exact) mass is 275 g/mol. The molecule has 0 unspecified atom stereocenters. The van der Waals surface area contributed by atoms with Gasteiger partial charge in [-0.25, -0.2) is 0 Å². The van der Waals surface area contributed by atoms with E-state index < -0.39 is 0 Å². The highest BCUT2D eigenvalue weighted by Crippen LogP contribution is 2.39. The Morgan fingerprint density at radius 3 is 2.60 bits per heavy atom. The molecule has 2 heterocycles. The summed E-state index contributed by atoms with van der Waals surface area (Å²) in [6.07, 6.45) is 9.70. The van der Waals surface area contributed by atoms with Crippen molar-refractivity contribution in [3.8, 4) is 0 Å². The summed E-state index contributed by atoms with van der Waals surface area (Å²) in [5.41, 5.74) is 0.600. The molecular formula is C16H25N3O. The number of hydrogen-bond donors (Lipinski definition) is 0. The summed E-state index contributed by atoms with van der Waals surface area (Å²) in [6, 6.07) is 1.91. The minimum absolute atomic E-state index is 0.220. The molecule has 2 fully saturated rings. The largest absolute Gasteiger partial charge is 0.291 e. The first-order chi connectivity index (χ1) is 9.78. The van der Waals surface area contributed by atoms with Crippen LogP contribution in [0.15, 0.2) is 12.3 Å². The van der Waals surface area contributed by atoms with Crippen molar-refractivity contribution in [3.05, 3.63) is 18.0 Å². The number of ketones is 1. The van der Waals surface area contributed by atoms with Crippen molar-refractivity contribution in [1.82, 2.24) is 14.7 Å². The van der Waals surface area contributed by atoms with Crippen molar-refractivity contribution >= 4 is 5.78 Å². The van der Waals surface area contributed by atoms with E-state index in [1.165, 1.54) is 25.7 Å². The Balaban J connectivity index is 1.90. The van der Waals surface area contributed by atoms with Crippen LogP contribution in [0.3, 0.4) is 0 Å². The molecule has 0 atom stereocenters. The Kier molecular flexibility index (Phi) is 3.92. The van der Waals surface area contributed by atoms with Gasteiger partial charge in [0.1, 0.15) is 5.69 Å². The maximum absolute atomic E-state index is 13.2. The predicted octanol–water partition coefficient (Wildman–Crippen LogP) is 2.88. The quantitative estimate of drug-likeness (QED) is 0.776. The molecular weight excluding hydrogens is 250 g/mol. The summed E-state index contributed by atoms with van der Waals surface area (Å²) in [6.45, 7) is 5.15. The van der Waals surface area contributed by atoms with Crippen molar-refractivity contribution in [2.45, 2.75) is 64.0 Å². The number of aryl methyl sites for hydroxylation is 1. The van der Waals surface area contributed by atoms with Gasteiger partial charge in [0.05, 0.1) is 5.54 Å². The summed E-state index contributed by atoms with van der Waals surface area (Å²) < 4.78 is 1.90.